The molecule has 162 valence electrons. The number of aliphatic hydroxyl groups is 1. The lowest BCUT2D eigenvalue weighted by Crippen LogP contribution is -2.50. The van der Waals surface area contributed by atoms with E-state index >= 15 is 0 Å². The predicted octanol–water partition coefficient (Wildman–Crippen LogP) is 2.66. The van der Waals surface area contributed by atoms with Crippen molar-refractivity contribution in [2.75, 3.05) is 39.3 Å². The largest absolute Gasteiger partial charge is 0.491 e. The van der Waals surface area contributed by atoms with Crippen LogP contribution in [0.15, 0.2) is 53.9 Å². The maximum absolute atomic E-state index is 12.6. The van der Waals surface area contributed by atoms with Crippen LogP contribution in [0.4, 0.5) is 0 Å². The fourth-order valence-corrected chi connectivity index (χ4v) is 4.55. The van der Waals surface area contributed by atoms with Gasteiger partial charge in [-0.15, -0.1) is 0 Å². The second-order valence-electron chi connectivity index (χ2n) is 7.69. The minimum Gasteiger partial charge on any atom is -0.491 e. The molecule has 1 atom stereocenters. The summed E-state index contributed by atoms with van der Waals surface area (Å²) in [4.78, 5) is 2.07. The minimum absolute atomic E-state index is 0.211. The molecule has 3 rings (SSSR count). The van der Waals surface area contributed by atoms with Gasteiger partial charge in [-0.2, -0.15) is 4.31 Å². The Balaban J connectivity index is 1.45. The van der Waals surface area contributed by atoms with Gasteiger partial charge in [-0.3, -0.25) is 4.90 Å². The number of piperazine rings is 1. The third kappa shape index (κ3) is 6.40. The molecule has 1 aliphatic rings. The highest BCUT2D eigenvalue weighted by atomic mass is 32.2. The molecule has 2 aromatic rings. The molecule has 1 fully saturated rings. The normalized spacial score (nSPS) is 17.3. The molecule has 1 heterocycles. The van der Waals surface area contributed by atoms with Crippen molar-refractivity contribution >= 4 is 16.1 Å². The van der Waals surface area contributed by atoms with Gasteiger partial charge in [0, 0.05) is 38.1 Å². The van der Waals surface area contributed by atoms with E-state index in [0.29, 0.717) is 32.7 Å². The molecule has 0 aliphatic carbocycles. The van der Waals surface area contributed by atoms with Gasteiger partial charge in [-0.1, -0.05) is 42.5 Å². The van der Waals surface area contributed by atoms with Gasteiger partial charge in [0.15, 0.2) is 0 Å². The highest BCUT2D eigenvalue weighted by molar-refractivity contribution is 7.92. The number of benzene rings is 2. The Morgan fingerprint density at radius 2 is 1.77 bits per heavy atom. The molecular weight excluding hydrogens is 400 g/mol. The van der Waals surface area contributed by atoms with Gasteiger partial charge in [-0.25, -0.2) is 8.42 Å². The smallest absolute Gasteiger partial charge is 0.236 e. The van der Waals surface area contributed by atoms with Crippen LogP contribution in [-0.4, -0.2) is 68.2 Å². The van der Waals surface area contributed by atoms with E-state index < -0.39 is 16.1 Å². The molecule has 6 nitrogen and oxygen atoms in total. The number of hydrogen-bond donors (Lipinski definition) is 1. The second kappa shape index (κ2) is 10.2. The minimum atomic E-state index is -3.45. The van der Waals surface area contributed by atoms with Gasteiger partial charge < -0.3 is 9.84 Å². The third-order valence-corrected chi connectivity index (χ3v) is 6.73. The lowest BCUT2D eigenvalue weighted by atomic mass is 10.1. The van der Waals surface area contributed by atoms with Crippen LogP contribution in [0.25, 0.3) is 6.08 Å². The molecule has 0 bridgehead atoms. The first-order valence-corrected chi connectivity index (χ1v) is 11.7. The van der Waals surface area contributed by atoms with E-state index in [9.17, 15) is 13.5 Å². The SMILES string of the molecule is Cc1ccc(C)c(OCC(O)CN2CCN(S(=O)(=O)C=Cc3ccccc3)CC2)c1. The van der Waals surface area contributed by atoms with E-state index in [2.05, 4.69) is 4.90 Å². The van der Waals surface area contributed by atoms with Gasteiger partial charge in [0.25, 0.3) is 0 Å². The van der Waals surface area contributed by atoms with Crippen molar-refractivity contribution in [2.45, 2.75) is 20.0 Å². The number of hydrogen-bond acceptors (Lipinski definition) is 5. The summed E-state index contributed by atoms with van der Waals surface area (Å²) in [5.41, 5.74) is 3.01. The number of rotatable bonds is 8. The number of aryl methyl sites for hydroxylation is 2. The molecule has 0 spiro atoms. The second-order valence-corrected chi connectivity index (χ2v) is 9.51. The van der Waals surface area contributed by atoms with Crippen molar-refractivity contribution in [2.24, 2.45) is 0 Å². The Bertz CT molecular complexity index is 952. The van der Waals surface area contributed by atoms with Crippen molar-refractivity contribution in [1.29, 1.82) is 0 Å². The molecular formula is C23H30N2O4S. The summed E-state index contributed by atoms with van der Waals surface area (Å²) in [7, 11) is -3.45. The average Bonchev–Trinajstić information content (AvgIpc) is 2.74. The summed E-state index contributed by atoms with van der Waals surface area (Å²) in [6.07, 6.45) is 0.988. The van der Waals surface area contributed by atoms with E-state index in [4.69, 9.17) is 4.74 Å². The van der Waals surface area contributed by atoms with Gasteiger partial charge >= 0.3 is 0 Å². The van der Waals surface area contributed by atoms with E-state index in [0.717, 1.165) is 22.4 Å². The van der Waals surface area contributed by atoms with Gasteiger partial charge in [0.1, 0.15) is 18.5 Å². The fourth-order valence-electron chi connectivity index (χ4n) is 3.38. The van der Waals surface area contributed by atoms with Crippen LogP contribution < -0.4 is 4.74 Å². The maximum atomic E-state index is 12.6. The fraction of sp³-hybridized carbons (Fsp3) is 0.391. The van der Waals surface area contributed by atoms with Crippen LogP contribution in [-0.2, 0) is 10.0 Å². The van der Waals surface area contributed by atoms with Crippen molar-refractivity contribution in [3.05, 3.63) is 70.6 Å². The summed E-state index contributed by atoms with van der Waals surface area (Å²) >= 11 is 0. The van der Waals surface area contributed by atoms with E-state index in [-0.39, 0.29) is 6.61 Å². The van der Waals surface area contributed by atoms with Gasteiger partial charge in [0.05, 0.1) is 0 Å². The van der Waals surface area contributed by atoms with Crippen LogP contribution in [0.1, 0.15) is 16.7 Å². The van der Waals surface area contributed by atoms with Crippen LogP contribution >= 0.6 is 0 Å². The molecule has 0 radical (unpaired) electrons. The monoisotopic (exact) mass is 430 g/mol. The Morgan fingerprint density at radius 3 is 2.47 bits per heavy atom. The van der Waals surface area contributed by atoms with Crippen LogP contribution in [0, 0.1) is 13.8 Å². The Kier molecular flexibility index (Phi) is 7.66. The Hall–Kier alpha value is -2.19. The summed E-state index contributed by atoms with van der Waals surface area (Å²) in [5.74, 6) is 0.787. The standard InChI is InChI=1S/C23H30N2O4S/c1-19-8-9-20(2)23(16-19)29-18-22(26)17-24-11-13-25(14-12-24)30(27,28)15-10-21-6-4-3-5-7-21/h3-10,15-16,22,26H,11-14,17-18H2,1-2H3. The molecule has 1 saturated heterocycles. The molecule has 1 N–H and O–H groups in total. The first kappa shape index (κ1) is 22.5. The number of sulfonamides is 1. The first-order valence-electron chi connectivity index (χ1n) is 10.2. The summed E-state index contributed by atoms with van der Waals surface area (Å²) in [5, 5.41) is 11.6. The molecule has 30 heavy (non-hydrogen) atoms. The molecule has 7 heteroatoms. The Labute approximate surface area is 179 Å². The lowest BCUT2D eigenvalue weighted by molar-refractivity contribution is 0.0568. The van der Waals surface area contributed by atoms with Crippen LogP contribution in [0.2, 0.25) is 0 Å². The Morgan fingerprint density at radius 1 is 1.07 bits per heavy atom. The summed E-state index contributed by atoms with van der Waals surface area (Å²) in [6, 6.07) is 15.4. The van der Waals surface area contributed by atoms with E-state index in [1.54, 1.807) is 6.08 Å². The summed E-state index contributed by atoms with van der Waals surface area (Å²) < 4.78 is 32.4. The lowest BCUT2D eigenvalue weighted by Gasteiger charge is -2.34. The molecule has 1 unspecified atom stereocenters. The van der Waals surface area contributed by atoms with Crippen molar-refractivity contribution < 1.29 is 18.3 Å². The van der Waals surface area contributed by atoms with Gasteiger partial charge in [-0.05, 0) is 42.7 Å². The molecule has 1 aliphatic heterocycles. The zero-order valence-electron chi connectivity index (χ0n) is 17.6. The van der Waals surface area contributed by atoms with E-state index in [1.807, 2.05) is 62.4 Å². The molecule has 0 aromatic heterocycles. The average molecular weight is 431 g/mol. The zero-order chi connectivity index (χ0) is 21.6. The predicted molar refractivity (Wildman–Crippen MR) is 120 cm³/mol. The van der Waals surface area contributed by atoms with E-state index in [1.165, 1.54) is 9.71 Å². The highest BCUT2D eigenvalue weighted by Gasteiger charge is 2.26. The highest BCUT2D eigenvalue weighted by Crippen LogP contribution is 2.19. The van der Waals surface area contributed by atoms with Crippen LogP contribution in [0.3, 0.4) is 0 Å². The number of nitrogens with zero attached hydrogens (tertiary/aromatic N) is 2. The summed E-state index contributed by atoms with van der Waals surface area (Å²) in [6.45, 7) is 6.63. The van der Waals surface area contributed by atoms with Crippen LogP contribution in [0.5, 0.6) is 5.75 Å². The number of ether oxygens (including phenoxy) is 1. The van der Waals surface area contributed by atoms with Crippen molar-refractivity contribution in [3.8, 4) is 5.75 Å². The molecule has 2 aromatic carbocycles. The van der Waals surface area contributed by atoms with Crippen molar-refractivity contribution in [1.82, 2.24) is 9.21 Å². The number of β-amino-alcohol motifs (C(OH)–C–C–N with tert-alkyl or cyclic N) is 1. The maximum Gasteiger partial charge on any atom is 0.236 e. The van der Waals surface area contributed by atoms with Crippen molar-refractivity contribution in [3.63, 3.8) is 0 Å². The molecule has 0 amide bonds. The topological polar surface area (TPSA) is 70.1 Å². The molecule has 0 saturated carbocycles. The number of aliphatic hydroxyl groups excluding tert-OH is 1. The first-order chi connectivity index (χ1) is 14.3. The zero-order valence-corrected chi connectivity index (χ0v) is 18.4. The third-order valence-electron chi connectivity index (χ3n) is 5.17. The van der Waals surface area contributed by atoms with Gasteiger partial charge in [0.2, 0.25) is 10.0 Å². The quantitative estimate of drug-likeness (QED) is 0.697.